The molecule has 0 bridgehead atoms. The fourth-order valence-electron chi connectivity index (χ4n) is 3.24. The van der Waals surface area contributed by atoms with E-state index in [1.807, 2.05) is 27.7 Å². The lowest BCUT2D eigenvalue weighted by atomic mass is 9.88. The Morgan fingerprint density at radius 2 is 1.81 bits per heavy atom. The van der Waals surface area contributed by atoms with Crippen LogP contribution in [0, 0.1) is 6.92 Å². The molecule has 26 heavy (non-hydrogen) atoms. The van der Waals surface area contributed by atoms with E-state index >= 15 is 0 Å². The SMILES string of the molecule is CCCC(=O)c1c(O)c(CC/C(C)=C/CC(=O)O)c(OC)c(C)c1CC. The maximum Gasteiger partial charge on any atom is 0.307 e. The second kappa shape index (κ2) is 10.00. The second-order valence-electron chi connectivity index (χ2n) is 6.51. The summed E-state index contributed by atoms with van der Waals surface area (Å²) in [4.78, 5) is 23.3. The molecule has 2 N–H and O–H groups in total. The molecule has 0 amide bonds. The number of aliphatic carboxylic acids is 1. The average molecular weight is 362 g/mol. The van der Waals surface area contributed by atoms with Crippen LogP contribution in [0.15, 0.2) is 11.6 Å². The van der Waals surface area contributed by atoms with Gasteiger partial charge in [0, 0.05) is 12.0 Å². The number of carboxylic acids is 1. The molecule has 144 valence electrons. The van der Waals surface area contributed by atoms with Gasteiger partial charge in [-0.1, -0.05) is 25.5 Å². The predicted octanol–water partition coefficient (Wildman–Crippen LogP) is 4.61. The van der Waals surface area contributed by atoms with E-state index in [-0.39, 0.29) is 18.0 Å². The van der Waals surface area contributed by atoms with Crippen LogP contribution in [-0.4, -0.2) is 29.1 Å². The quantitative estimate of drug-likeness (QED) is 0.469. The lowest BCUT2D eigenvalue weighted by Gasteiger charge is -2.21. The topological polar surface area (TPSA) is 83.8 Å². The van der Waals surface area contributed by atoms with Crippen LogP contribution in [0.25, 0.3) is 0 Å². The van der Waals surface area contributed by atoms with E-state index in [4.69, 9.17) is 9.84 Å². The van der Waals surface area contributed by atoms with Crippen LogP contribution in [0.3, 0.4) is 0 Å². The van der Waals surface area contributed by atoms with Gasteiger partial charge in [-0.2, -0.15) is 0 Å². The highest BCUT2D eigenvalue weighted by Gasteiger charge is 2.25. The first-order valence-corrected chi connectivity index (χ1v) is 9.10. The molecule has 0 atom stereocenters. The third-order valence-electron chi connectivity index (χ3n) is 4.60. The van der Waals surface area contributed by atoms with Gasteiger partial charge in [0.25, 0.3) is 0 Å². The molecule has 1 aromatic carbocycles. The molecule has 0 radical (unpaired) electrons. The van der Waals surface area contributed by atoms with Gasteiger partial charge < -0.3 is 14.9 Å². The third kappa shape index (κ3) is 5.10. The molecule has 0 spiro atoms. The Morgan fingerprint density at radius 3 is 2.31 bits per heavy atom. The van der Waals surface area contributed by atoms with E-state index in [1.165, 1.54) is 0 Å². The molecule has 0 aliphatic heterocycles. The third-order valence-corrected chi connectivity index (χ3v) is 4.60. The van der Waals surface area contributed by atoms with Crippen LogP contribution in [0.5, 0.6) is 11.5 Å². The Kier molecular flexibility index (Phi) is 8.36. The number of aromatic hydroxyl groups is 1. The summed E-state index contributed by atoms with van der Waals surface area (Å²) >= 11 is 0. The van der Waals surface area contributed by atoms with Crippen molar-refractivity contribution in [2.24, 2.45) is 0 Å². The van der Waals surface area contributed by atoms with Gasteiger partial charge in [0.1, 0.15) is 11.5 Å². The van der Waals surface area contributed by atoms with E-state index in [2.05, 4.69) is 0 Å². The number of carbonyl (C=O) groups excluding carboxylic acids is 1. The zero-order valence-corrected chi connectivity index (χ0v) is 16.4. The number of carbonyl (C=O) groups is 2. The summed E-state index contributed by atoms with van der Waals surface area (Å²) in [5, 5.41) is 19.6. The van der Waals surface area contributed by atoms with Crippen LogP contribution >= 0.6 is 0 Å². The minimum absolute atomic E-state index is 0.00813. The van der Waals surface area contributed by atoms with E-state index in [9.17, 15) is 14.7 Å². The molecule has 0 fully saturated rings. The molecule has 0 heterocycles. The number of methoxy groups -OCH3 is 1. The van der Waals surface area contributed by atoms with Gasteiger partial charge in [-0.05, 0) is 50.7 Å². The van der Waals surface area contributed by atoms with Crippen LogP contribution in [0.1, 0.15) is 73.5 Å². The van der Waals surface area contributed by atoms with E-state index in [0.29, 0.717) is 42.6 Å². The number of ketones is 1. The van der Waals surface area contributed by atoms with Gasteiger partial charge in [-0.15, -0.1) is 0 Å². The fourth-order valence-corrected chi connectivity index (χ4v) is 3.24. The minimum Gasteiger partial charge on any atom is -0.507 e. The van der Waals surface area contributed by atoms with E-state index < -0.39 is 5.97 Å². The van der Waals surface area contributed by atoms with Crippen LogP contribution in [-0.2, 0) is 17.6 Å². The Bertz CT molecular complexity index is 701. The summed E-state index contributed by atoms with van der Waals surface area (Å²) in [6.07, 6.45) is 4.46. The van der Waals surface area contributed by atoms with Crippen LogP contribution in [0.4, 0.5) is 0 Å². The number of hydrogen-bond donors (Lipinski definition) is 2. The first-order valence-electron chi connectivity index (χ1n) is 9.10. The number of Topliss-reactive ketones (excluding diaryl/α,β-unsaturated/α-hetero) is 1. The Balaban J connectivity index is 3.35. The first kappa shape index (κ1) is 21.7. The Morgan fingerprint density at radius 1 is 1.15 bits per heavy atom. The number of rotatable bonds is 10. The van der Waals surface area contributed by atoms with E-state index in [0.717, 1.165) is 23.1 Å². The maximum absolute atomic E-state index is 12.6. The molecular formula is C21H30O5. The van der Waals surface area contributed by atoms with Gasteiger partial charge in [0.05, 0.1) is 19.1 Å². The van der Waals surface area contributed by atoms with Crippen molar-refractivity contribution in [1.82, 2.24) is 0 Å². The molecular weight excluding hydrogens is 332 g/mol. The molecule has 1 aromatic rings. The maximum atomic E-state index is 12.6. The van der Waals surface area contributed by atoms with Crippen molar-refractivity contribution in [3.8, 4) is 11.5 Å². The largest absolute Gasteiger partial charge is 0.507 e. The van der Waals surface area contributed by atoms with E-state index in [1.54, 1.807) is 13.2 Å². The molecule has 5 heteroatoms. The minimum atomic E-state index is -0.875. The zero-order chi connectivity index (χ0) is 19.9. The van der Waals surface area contributed by atoms with Gasteiger partial charge in [0.2, 0.25) is 0 Å². The smallest absolute Gasteiger partial charge is 0.307 e. The number of phenols is 1. The van der Waals surface area contributed by atoms with Crippen molar-refractivity contribution in [3.05, 3.63) is 33.9 Å². The number of hydrogen-bond acceptors (Lipinski definition) is 4. The number of phenolic OH excluding ortho intramolecular Hbond substituents is 1. The number of benzene rings is 1. The number of carboxylic acid groups (broad SMARTS) is 1. The Labute approximate surface area is 155 Å². The summed E-state index contributed by atoms with van der Waals surface area (Å²) in [7, 11) is 1.56. The lowest BCUT2D eigenvalue weighted by molar-refractivity contribution is -0.136. The molecule has 0 unspecified atom stereocenters. The van der Waals surface area contributed by atoms with Gasteiger partial charge in [0.15, 0.2) is 5.78 Å². The number of ether oxygens (including phenoxy) is 1. The Hall–Kier alpha value is -2.30. The van der Waals surface area contributed by atoms with Crippen molar-refractivity contribution in [3.63, 3.8) is 0 Å². The summed E-state index contributed by atoms with van der Waals surface area (Å²) < 4.78 is 5.54. The van der Waals surface area contributed by atoms with Crippen molar-refractivity contribution >= 4 is 11.8 Å². The summed E-state index contributed by atoms with van der Waals surface area (Å²) in [5.41, 5.74) is 3.67. The van der Waals surface area contributed by atoms with Crippen LogP contribution in [0.2, 0.25) is 0 Å². The van der Waals surface area contributed by atoms with Crippen molar-refractivity contribution in [2.45, 2.75) is 66.2 Å². The summed E-state index contributed by atoms with van der Waals surface area (Å²) in [6.45, 7) is 7.68. The van der Waals surface area contributed by atoms with Crippen molar-refractivity contribution in [1.29, 1.82) is 0 Å². The second-order valence-corrected chi connectivity index (χ2v) is 6.51. The highest BCUT2D eigenvalue weighted by atomic mass is 16.5. The van der Waals surface area contributed by atoms with Gasteiger partial charge in [-0.25, -0.2) is 0 Å². The average Bonchev–Trinajstić information content (AvgIpc) is 2.59. The summed E-state index contributed by atoms with van der Waals surface area (Å²) in [6, 6.07) is 0. The highest BCUT2D eigenvalue weighted by molar-refractivity contribution is 6.01. The zero-order valence-electron chi connectivity index (χ0n) is 16.4. The van der Waals surface area contributed by atoms with Crippen molar-refractivity contribution in [2.75, 3.05) is 7.11 Å². The number of allylic oxidation sites excluding steroid dienone is 1. The van der Waals surface area contributed by atoms with Gasteiger partial charge in [-0.3, -0.25) is 9.59 Å². The predicted molar refractivity (Wildman–Crippen MR) is 102 cm³/mol. The molecule has 0 saturated heterocycles. The molecule has 5 nitrogen and oxygen atoms in total. The van der Waals surface area contributed by atoms with Crippen molar-refractivity contribution < 1.29 is 24.5 Å². The fraction of sp³-hybridized carbons (Fsp3) is 0.524. The standard InChI is InChI=1S/C21H30O5/c1-6-8-17(22)19-15(7-2)14(4)21(26-5)16(20(19)25)11-9-13(3)10-12-18(23)24/h10,25H,6-9,11-12H2,1-5H3,(H,23,24)/b13-10+. The molecule has 1 rings (SSSR count). The molecule has 0 saturated carbocycles. The molecule has 0 aromatic heterocycles. The lowest BCUT2D eigenvalue weighted by Crippen LogP contribution is -2.10. The molecule has 0 aliphatic rings. The van der Waals surface area contributed by atoms with Gasteiger partial charge >= 0.3 is 5.97 Å². The molecule has 0 aliphatic carbocycles. The summed E-state index contributed by atoms with van der Waals surface area (Å²) in [5.74, 6) is -0.306. The normalized spacial score (nSPS) is 11.5. The first-order chi connectivity index (χ1) is 12.3. The highest BCUT2D eigenvalue weighted by Crippen LogP contribution is 2.40. The monoisotopic (exact) mass is 362 g/mol. The van der Waals surface area contributed by atoms with Crippen LogP contribution < -0.4 is 4.74 Å².